The predicted octanol–water partition coefficient (Wildman–Crippen LogP) is 2.83. The molecule has 0 aliphatic carbocycles. The van der Waals surface area contributed by atoms with E-state index in [1.807, 2.05) is 6.92 Å². The van der Waals surface area contributed by atoms with Gasteiger partial charge < -0.3 is 25.2 Å². The fourth-order valence-corrected chi connectivity index (χ4v) is 4.11. The number of nitrogens with zero attached hydrogens (tertiary/aromatic N) is 3. The van der Waals surface area contributed by atoms with Crippen LogP contribution in [0, 0.1) is 11.6 Å². The molecular weight excluding hydrogens is 503 g/mol. The zero-order valence-corrected chi connectivity index (χ0v) is 20.4. The van der Waals surface area contributed by atoms with Crippen LogP contribution in [0.5, 0.6) is 0 Å². The molecule has 2 N–H and O–H groups in total. The highest BCUT2D eigenvalue weighted by atomic mass is 127. The molecule has 1 aromatic rings. The minimum absolute atomic E-state index is 0. The van der Waals surface area contributed by atoms with Crippen LogP contribution < -0.4 is 15.5 Å². The summed E-state index contributed by atoms with van der Waals surface area (Å²) in [5.74, 6) is -0.279. The lowest BCUT2D eigenvalue weighted by Crippen LogP contribution is -2.52. The lowest BCUT2D eigenvalue weighted by molar-refractivity contribution is -0.00255. The third-order valence-electron chi connectivity index (χ3n) is 6.03. The summed E-state index contributed by atoms with van der Waals surface area (Å²) in [6, 6.07) is 4.09. The fraction of sp³-hybridized carbons (Fsp3) is 0.667. The Labute approximate surface area is 195 Å². The molecule has 6 nitrogen and oxygen atoms in total. The number of ether oxygens (including phenoxy) is 1. The summed E-state index contributed by atoms with van der Waals surface area (Å²) in [7, 11) is 4.19. The number of likely N-dealkylation sites (N-methyl/N-ethyl adjacent to an activating group) is 1. The van der Waals surface area contributed by atoms with Crippen LogP contribution in [0.25, 0.3) is 0 Å². The van der Waals surface area contributed by atoms with E-state index in [2.05, 4.69) is 29.6 Å². The largest absolute Gasteiger partial charge is 0.381 e. The Hall–Kier alpha value is -1.20. The van der Waals surface area contributed by atoms with Crippen molar-refractivity contribution in [2.45, 2.75) is 37.8 Å². The zero-order chi connectivity index (χ0) is 20.9. The van der Waals surface area contributed by atoms with E-state index < -0.39 is 11.6 Å². The SMILES string of the molecule is CCNC(=NCC1(N(C)C)CCOCC1)NC1CCN(c2c(F)cccc2F)C1.I. The second-order valence-corrected chi connectivity index (χ2v) is 8.07. The van der Waals surface area contributed by atoms with Gasteiger partial charge in [0.05, 0.1) is 6.54 Å². The van der Waals surface area contributed by atoms with Gasteiger partial charge in [0.15, 0.2) is 5.96 Å². The maximum atomic E-state index is 14.1. The molecule has 3 rings (SSSR count). The van der Waals surface area contributed by atoms with Gasteiger partial charge in [-0.3, -0.25) is 4.99 Å². The third-order valence-corrected chi connectivity index (χ3v) is 6.03. The van der Waals surface area contributed by atoms with Gasteiger partial charge in [-0.15, -0.1) is 24.0 Å². The average molecular weight is 537 g/mol. The van der Waals surface area contributed by atoms with Crippen molar-refractivity contribution in [1.82, 2.24) is 15.5 Å². The molecule has 30 heavy (non-hydrogen) atoms. The van der Waals surface area contributed by atoms with Crippen LogP contribution in [-0.2, 0) is 4.74 Å². The summed E-state index contributed by atoms with van der Waals surface area (Å²) in [5.41, 5.74) is 0.0611. The second-order valence-electron chi connectivity index (χ2n) is 8.07. The van der Waals surface area contributed by atoms with E-state index in [1.165, 1.54) is 18.2 Å². The summed E-state index contributed by atoms with van der Waals surface area (Å²) >= 11 is 0. The first-order chi connectivity index (χ1) is 13.9. The Bertz CT molecular complexity index is 692. The molecule has 2 aliphatic rings. The topological polar surface area (TPSA) is 52.1 Å². The summed E-state index contributed by atoms with van der Waals surface area (Å²) in [5, 5.41) is 6.76. The van der Waals surface area contributed by atoms with Crippen LogP contribution >= 0.6 is 24.0 Å². The van der Waals surface area contributed by atoms with Crippen LogP contribution in [0.2, 0.25) is 0 Å². The average Bonchev–Trinajstić information content (AvgIpc) is 3.15. The standard InChI is InChI=1S/C21H33F2N5O.HI/c1-4-24-20(25-15-21(27(2)3)9-12-29-13-10-21)26-16-8-11-28(14-16)19-17(22)6-5-7-18(19)23;/h5-7,16H,4,8-15H2,1-3H3,(H2,24,25,26);1H. The number of hydrogen-bond donors (Lipinski definition) is 2. The van der Waals surface area contributed by atoms with Gasteiger partial charge in [-0.25, -0.2) is 8.78 Å². The predicted molar refractivity (Wildman–Crippen MR) is 128 cm³/mol. The number of nitrogens with one attached hydrogen (secondary N) is 2. The molecule has 0 amide bonds. The van der Waals surface area contributed by atoms with E-state index >= 15 is 0 Å². The quantitative estimate of drug-likeness (QED) is 0.332. The Kier molecular flexibility index (Phi) is 9.55. The minimum atomic E-state index is -0.515. The highest BCUT2D eigenvalue weighted by molar-refractivity contribution is 14.0. The monoisotopic (exact) mass is 537 g/mol. The first kappa shape index (κ1) is 25.1. The maximum Gasteiger partial charge on any atom is 0.191 e. The minimum Gasteiger partial charge on any atom is -0.381 e. The molecular formula is C21H34F2IN5O. The molecule has 1 unspecified atom stereocenters. The number of halogens is 3. The Morgan fingerprint density at radius 3 is 2.53 bits per heavy atom. The molecule has 1 aromatic carbocycles. The van der Waals surface area contributed by atoms with Crippen molar-refractivity contribution < 1.29 is 13.5 Å². The molecule has 0 radical (unpaired) electrons. The zero-order valence-electron chi connectivity index (χ0n) is 18.1. The maximum absolute atomic E-state index is 14.1. The highest BCUT2D eigenvalue weighted by Gasteiger charge is 2.35. The smallest absolute Gasteiger partial charge is 0.191 e. The summed E-state index contributed by atoms with van der Waals surface area (Å²) < 4.78 is 33.7. The normalized spacial score (nSPS) is 21.5. The molecule has 9 heteroatoms. The van der Waals surface area contributed by atoms with Crippen molar-refractivity contribution in [3.63, 3.8) is 0 Å². The van der Waals surface area contributed by atoms with Gasteiger partial charge in [-0.2, -0.15) is 0 Å². The van der Waals surface area contributed by atoms with Gasteiger partial charge in [-0.1, -0.05) is 6.07 Å². The Balaban J connectivity index is 0.00000320. The first-order valence-electron chi connectivity index (χ1n) is 10.4. The number of guanidine groups is 1. The number of anilines is 1. The van der Waals surface area contributed by atoms with Crippen LogP contribution in [-0.4, -0.2) is 75.9 Å². The second kappa shape index (κ2) is 11.4. The van der Waals surface area contributed by atoms with Crippen LogP contribution in [0.4, 0.5) is 14.5 Å². The van der Waals surface area contributed by atoms with Gasteiger partial charge in [-0.05, 0) is 52.4 Å². The molecule has 2 saturated heterocycles. The lowest BCUT2D eigenvalue weighted by Gasteiger charge is -2.41. The van der Waals surface area contributed by atoms with E-state index in [1.54, 1.807) is 4.90 Å². The number of para-hydroxylation sites is 1. The van der Waals surface area contributed by atoms with E-state index in [0.717, 1.165) is 45.0 Å². The van der Waals surface area contributed by atoms with Crippen molar-refractivity contribution in [2.24, 2.45) is 4.99 Å². The molecule has 2 heterocycles. The van der Waals surface area contributed by atoms with Crippen molar-refractivity contribution in [2.75, 3.05) is 58.4 Å². The van der Waals surface area contributed by atoms with Crippen molar-refractivity contribution in [1.29, 1.82) is 0 Å². The molecule has 2 aliphatic heterocycles. The molecule has 0 bridgehead atoms. The Morgan fingerprint density at radius 2 is 1.93 bits per heavy atom. The van der Waals surface area contributed by atoms with Crippen LogP contribution in [0.3, 0.4) is 0 Å². The van der Waals surface area contributed by atoms with Crippen molar-refractivity contribution in [3.8, 4) is 0 Å². The third kappa shape index (κ3) is 5.94. The summed E-state index contributed by atoms with van der Waals surface area (Å²) in [6.45, 7) is 6.11. The van der Waals surface area contributed by atoms with E-state index in [9.17, 15) is 8.78 Å². The first-order valence-corrected chi connectivity index (χ1v) is 10.4. The van der Waals surface area contributed by atoms with Gasteiger partial charge >= 0.3 is 0 Å². The van der Waals surface area contributed by atoms with Gasteiger partial charge in [0.1, 0.15) is 17.3 Å². The summed E-state index contributed by atoms with van der Waals surface area (Å²) in [6.07, 6.45) is 2.70. The van der Waals surface area contributed by atoms with Gasteiger partial charge in [0, 0.05) is 44.4 Å². The van der Waals surface area contributed by atoms with Gasteiger partial charge in [0.2, 0.25) is 0 Å². The molecule has 0 spiro atoms. The van der Waals surface area contributed by atoms with Crippen molar-refractivity contribution >= 4 is 35.6 Å². The molecule has 2 fully saturated rings. The molecule has 0 aromatic heterocycles. The van der Waals surface area contributed by atoms with Gasteiger partial charge in [0.25, 0.3) is 0 Å². The fourth-order valence-electron chi connectivity index (χ4n) is 4.11. The van der Waals surface area contributed by atoms with Crippen LogP contribution in [0.15, 0.2) is 23.2 Å². The van der Waals surface area contributed by atoms with E-state index in [4.69, 9.17) is 9.73 Å². The summed E-state index contributed by atoms with van der Waals surface area (Å²) in [4.78, 5) is 8.88. The Morgan fingerprint density at radius 1 is 1.27 bits per heavy atom. The molecule has 170 valence electrons. The van der Waals surface area contributed by atoms with Crippen LogP contribution in [0.1, 0.15) is 26.2 Å². The number of rotatable bonds is 6. The highest BCUT2D eigenvalue weighted by Crippen LogP contribution is 2.27. The molecule has 1 atom stereocenters. The number of benzene rings is 1. The van der Waals surface area contributed by atoms with E-state index in [0.29, 0.717) is 19.6 Å². The molecule has 0 saturated carbocycles. The number of hydrogen-bond acceptors (Lipinski definition) is 4. The number of aliphatic imine (C=N–C) groups is 1. The lowest BCUT2D eigenvalue weighted by atomic mass is 9.89. The van der Waals surface area contributed by atoms with E-state index in [-0.39, 0.29) is 41.2 Å². The van der Waals surface area contributed by atoms with Crippen molar-refractivity contribution in [3.05, 3.63) is 29.8 Å².